The van der Waals surface area contributed by atoms with Crippen molar-refractivity contribution < 1.29 is 4.79 Å². The predicted octanol–water partition coefficient (Wildman–Crippen LogP) is 4.12. The number of amides is 1. The largest absolute Gasteiger partial charge is 0.368 e. The molecule has 1 amide bonds. The Morgan fingerprint density at radius 2 is 1.72 bits per heavy atom. The number of aryl methyl sites for hydroxylation is 3. The van der Waals surface area contributed by atoms with E-state index in [1.54, 1.807) is 13.8 Å². The zero-order valence-corrected chi connectivity index (χ0v) is 19.0. The van der Waals surface area contributed by atoms with Crippen LogP contribution in [0.1, 0.15) is 38.8 Å². The van der Waals surface area contributed by atoms with E-state index in [1.165, 1.54) is 0 Å². The maximum absolute atomic E-state index is 12.8. The minimum atomic E-state index is -0.522. The highest BCUT2D eigenvalue weighted by Gasteiger charge is 2.22. The van der Waals surface area contributed by atoms with Crippen LogP contribution in [0.4, 0.5) is 0 Å². The summed E-state index contributed by atoms with van der Waals surface area (Å²) in [6.45, 7) is 9.12. The third kappa shape index (κ3) is 3.53. The lowest BCUT2D eigenvalue weighted by atomic mass is 10.00. The second kappa shape index (κ2) is 8.49. The lowest BCUT2D eigenvalue weighted by molar-refractivity contribution is -0.121. The van der Waals surface area contributed by atoms with Gasteiger partial charge in [-0.05, 0) is 51.0 Å². The maximum atomic E-state index is 12.8. The SMILES string of the molecule is CCC(C(N)=O)n1cc(-c2ccc3c(c2)n(CC)c(=O)n3CC)c(-c2cccc(C)c2)n1. The van der Waals surface area contributed by atoms with Crippen molar-refractivity contribution in [2.45, 2.75) is 53.2 Å². The highest BCUT2D eigenvalue weighted by molar-refractivity contribution is 5.88. The lowest BCUT2D eigenvalue weighted by Gasteiger charge is -2.10. The van der Waals surface area contributed by atoms with Gasteiger partial charge in [0.25, 0.3) is 0 Å². The fraction of sp³-hybridized carbons (Fsp3) is 0.320. The average Bonchev–Trinajstić information content (AvgIpc) is 3.32. The van der Waals surface area contributed by atoms with Crippen LogP contribution in [0.25, 0.3) is 33.4 Å². The summed E-state index contributed by atoms with van der Waals surface area (Å²) < 4.78 is 5.24. The molecule has 0 fully saturated rings. The fourth-order valence-corrected chi connectivity index (χ4v) is 4.39. The number of aromatic nitrogens is 4. The van der Waals surface area contributed by atoms with E-state index in [2.05, 4.69) is 6.07 Å². The lowest BCUT2D eigenvalue weighted by Crippen LogP contribution is -2.26. The quantitative estimate of drug-likeness (QED) is 0.477. The summed E-state index contributed by atoms with van der Waals surface area (Å²) in [5.74, 6) is -0.410. The molecule has 7 nitrogen and oxygen atoms in total. The van der Waals surface area contributed by atoms with Gasteiger partial charge in [-0.1, -0.05) is 36.8 Å². The second-order valence-corrected chi connectivity index (χ2v) is 8.04. The zero-order chi connectivity index (χ0) is 23.0. The molecule has 2 heterocycles. The molecule has 166 valence electrons. The van der Waals surface area contributed by atoms with Crippen LogP contribution in [-0.4, -0.2) is 24.8 Å². The highest BCUT2D eigenvalue weighted by Crippen LogP contribution is 2.34. The summed E-state index contributed by atoms with van der Waals surface area (Å²) in [6, 6.07) is 13.7. The van der Waals surface area contributed by atoms with Gasteiger partial charge < -0.3 is 5.73 Å². The Kier molecular flexibility index (Phi) is 5.74. The Morgan fingerprint density at radius 1 is 1.00 bits per heavy atom. The molecule has 0 spiro atoms. The van der Waals surface area contributed by atoms with Crippen molar-refractivity contribution in [2.24, 2.45) is 5.73 Å². The molecule has 4 aromatic rings. The molecule has 0 bridgehead atoms. The predicted molar refractivity (Wildman–Crippen MR) is 127 cm³/mol. The van der Waals surface area contributed by atoms with Gasteiger partial charge in [0.1, 0.15) is 11.7 Å². The number of fused-ring (bicyclic) bond motifs is 1. The van der Waals surface area contributed by atoms with Gasteiger partial charge in [0, 0.05) is 30.4 Å². The normalized spacial score (nSPS) is 12.4. The summed E-state index contributed by atoms with van der Waals surface area (Å²) in [6.07, 6.45) is 2.44. The van der Waals surface area contributed by atoms with E-state index < -0.39 is 11.9 Å². The first-order valence-corrected chi connectivity index (χ1v) is 11.1. The number of nitrogens with zero attached hydrogens (tertiary/aromatic N) is 4. The first-order chi connectivity index (χ1) is 15.4. The van der Waals surface area contributed by atoms with Crippen molar-refractivity contribution in [2.75, 3.05) is 0 Å². The second-order valence-electron chi connectivity index (χ2n) is 8.04. The first kappa shape index (κ1) is 21.6. The van der Waals surface area contributed by atoms with Gasteiger partial charge in [-0.3, -0.25) is 18.6 Å². The number of hydrogen-bond acceptors (Lipinski definition) is 3. The fourth-order valence-electron chi connectivity index (χ4n) is 4.39. The number of imidazole rings is 1. The van der Waals surface area contributed by atoms with E-state index in [0.717, 1.165) is 39.0 Å². The number of hydrogen-bond donors (Lipinski definition) is 1. The molecule has 0 aliphatic carbocycles. The van der Waals surface area contributed by atoms with E-state index in [4.69, 9.17) is 10.8 Å². The molecule has 1 unspecified atom stereocenters. The maximum Gasteiger partial charge on any atom is 0.329 e. The number of benzene rings is 2. The van der Waals surface area contributed by atoms with Crippen LogP contribution in [0, 0.1) is 6.92 Å². The Morgan fingerprint density at radius 3 is 2.34 bits per heavy atom. The van der Waals surface area contributed by atoms with Crippen molar-refractivity contribution in [3.8, 4) is 22.4 Å². The third-order valence-corrected chi connectivity index (χ3v) is 6.02. The van der Waals surface area contributed by atoms with E-state index in [1.807, 2.05) is 70.3 Å². The molecule has 4 rings (SSSR count). The summed E-state index contributed by atoms with van der Waals surface area (Å²) in [5.41, 5.74) is 12.2. The molecule has 0 radical (unpaired) electrons. The van der Waals surface area contributed by atoms with E-state index >= 15 is 0 Å². The Bertz CT molecular complexity index is 1360. The Hall–Kier alpha value is -3.61. The number of carbonyl (C=O) groups excluding carboxylic acids is 1. The van der Waals surface area contributed by atoms with Crippen molar-refractivity contribution in [1.82, 2.24) is 18.9 Å². The first-order valence-electron chi connectivity index (χ1n) is 11.1. The van der Waals surface area contributed by atoms with Crippen LogP contribution >= 0.6 is 0 Å². The van der Waals surface area contributed by atoms with Crippen LogP contribution in [-0.2, 0) is 17.9 Å². The third-order valence-electron chi connectivity index (χ3n) is 6.02. The topological polar surface area (TPSA) is 87.8 Å². The van der Waals surface area contributed by atoms with Crippen LogP contribution in [0.5, 0.6) is 0 Å². The van der Waals surface area contributed by atoms with Crippen LogP contribution in [0.3, 0.4) is 0 Å². The molecule has 0 saturated heterocycles. The van der Waals surface area contributed by atoms with Crippen LogP contribution in [0.15, 0.2) is 53.5 Å². The Labute approximate surface area is 187 Å². The van der Waals surface area contributed by atoms with Crippen molar-refractivity contribution in [1.29, 1.82) is 0 Å². The van der Waals surface area contributed by atoms with Gasteiger partial charge >= 0.3 is 5.69 Å². The zero-order valence-electron chi connectivity index (χ0n) is 19.0. The highest BCUT2D eigenvalue weighted by atomic mass is 16.2. The molecule has 1 atom stereocenters. The van der Waals surface area contributed by atoms with Gasteiger partial charge in [0.05, 0.1) is 11.0 Å². The number of rotatable bonds is 7. The van der Waals surface area contributed by atoms with Gasteiger partial charge in [0.2, 0.25) is 5.91 Å². The molecule has 7 heteroatoms. The van der Waals surface area contributed by atoms with Crippen LogP contribution in [0.2, 0.25) is 0 Å². The summed E-state index contributed by atoms with van der Waals surface area (Å²) >= 11 is 0. The number of primary amides is 1. The van der Waals surface area contributed by atoms with Gasteiger partial charge in [-0.15, -0.1) is 0 Å². The minimum Gasteiger partial charge on any atom is -0.368 e. The summed E-state index contributed by atoms with van der Waals surface area (Å²) in [5, 5.41) is 4.79. The molecule has 2 N–H and O–H groups in total. The van der Waals surface area contributed by atoms with E-state index in [0.29, 0.717) is 19.5 Å². The van der Waals surface area contributed by atoms with E-state index in [9.17, 15) is 9.59 Å². The average molecular weight is 432 g/mol. The van der Waals surface area contributed by atoms with E-state index in [-0.39, 0.29) is 5.69 Å². The van der Waals surface area contributed by atoms with Gasteiger partial charge in [0.15, 0.2) is 0 Å². The molecule has 0 aliphatic heterocycles. The minimum absolute atomic E-state index is 0.00321. The summed E-state index contributed by atoms with van der Waals surface area (Å²) in [4.78, 5) is 24.8. The van der Waals surface area contributed by atoms with Crippen molar-refractivity contribution in [3.05, 3.63) is 64.7 Å². The number of nitrogens with two attached hydrogens (primary N) is 1. The van der Waals surface area contributed by atoms with Crippen molar-refractivity contribution >= 4 is 16.9 Å². The molecule has 32 heavy (non-hydrogen) atoms. The Balaban J connectivity index is 1.98. The molecular weight excluding hydrogens is 402 g/mol. The molecular formula is C25H29N5O2. The number of carbonyl (C=O) groups is 1. The molecule has 2 aromatic heterocycles. The van der Waals surface area contributed by atoms with Crippen LogP contribution < -0.4 is 11.4 Å². The monoisotopic (exact) mass is 431 g/mol. The molecule has 2 aromatic carbocycles. The summed E-state index contributed by atoms with van der Waals surface area (Å²) in [7, 11) is 0. The van der Waals surface area contributed by atoms with Crippen molar-refractivity contribution in [3.63, 3.8) is 0 Å². The van der Waals surface area contributed by atoms with Gasteiger partial charge in [-0.2, -0.15) is 5.10 Å². The smallest absolute Gasteiger partial charge is 0.329 e. The standard InChI is InChI=1S/C25H29N5O2/c1-5-20(24(26)31)30-15-19(23(27-30)18-10-8-9-16(4)13-18)17-11-12-21-22(14-17)29(7-3)25(32)28(21)6-2/h8-15,20H,5-7H2,1-4H3,(H2,26,31). The van der Waals surface area contributed by atoms with Gasteiger partial charge in [-0.25, -0.2) is 4.79 Å². The molecule has 0 aliphatic rings. The molecule has 0 saturated carbocycles.